The summed E-state index contributed by atoms with van der Waals surface area (Å²) >= 11 is 0. The van der Waals surface area contributed by atoms with Crippen molar-refractivity contribution >= 4 is 0 Å². The van der Waals surface area contributed by atoms with Gasteiger partial charge in [0.15, 0.2) is 0 Å². The van der Waals surface area contributed by atoms with Crippen molar-refractivity contribution in [3.05, 3.63) is 55.6 Å². The fraction of sp³-hybridized carbons (Fsp3) is 0.500. The fourth-order valence-electron chi connectivity index (χ4n) is 4.59. The first-order valence-electron chi connectivity index (χ1n) is 9.37. The lowest BCUT2D eigenvalue weighted by Gasteiger charge is -2.26. The van der Waals surface area contributed by atoms with Crippen LogP contribution >= 0.6 is 0 Å². The first kappa shape index (κ1) is 18.8. The third-order valence-corrected chi connectivity index (χ3v) is 6.52. The van der Waals surface area contributed by atoms with Crippen molar-refractivity contribution in [3.8, 4) is 11.1 Å². The molecule has 2 rings (SSSR count). The second-order valence-corrected chi connectivity index (χ2v) is 7.41. The number of hydrogen-bond acceptors (Lipinski definition) is 0. The van der Waals surface area contributed by atoms with Crippen molar-refractivity contribution < 1.29 is 0 Å². The zero-order valence-corrected chi connectivity index (χ0v) is 17.4. The Morgan fingerprint density at radius 3 is 0.750 bits per heavy atom. The van der Waals surface area contributed by atoms with Crippen LogP contribution in [0.2, 0.25) is 0 Å². The summed E-state index contributed by atoms with van der Waals surface area (Å²) < 4.78 is 0. The summed E-state index contributed by atoms with van der Waals surface area (Å²) in [6.07, 6.45) is 2.23. The Labute approximate surface area is 149 Å². The quantitative estimate of drug-likeness (QED) is 0.573. The van der Waals surface area contributed by atoms with E-state index in [0.717, 1.165) is 12.8 Å². The van der Waals surface area contributed by atoms with Crippen LogP contribution < -0.4 is 0 Å². The van der Waals surface area contributed by atoms with Crippen LogP contribution in [0, 0.1) is 55.4 Å². The minimum atomic E-state index is 1.12. The van der Waals surface area contributed by atoms with Gasteiger partial charge in [0.05, 0.1) is 0 Å². The summed E-state index contributed by atoms with van der Waals surface area (Å²) in [6, 6.07) is 0. The lowest BCUT2D eigenvalue weighted by atomic mass is 9.79. The Morgan fingerprint density at radius 1 is 0.375 bits per heavy atom. The molecule has 2 aromatic carbocycles. The summed E-state index contributed by atoms with van der Waals surface area (Å²) in [5, 5.41) is 0. The van der Waals surface area contributed by atoms with Crippen LogP contribution in [-0.4, -0.2) is 0 Å². The Hall–Kier alpha value is -1.56. The summed E-state index contributed by atoms with van der Waals surface area (Å²) in [5.74, 6) is 0. The predicted octanol–water partition coefficient (Wildman–Crippen LogP) is 6.95. The van der Waals surface area contributed by atoms with E-state index in [1.165, 1.54) is 66.8 Å². The molecule has 0 spiro atoms. The topological polar surface area (TPSA) is 0 Å². The average molecular weight is 323 g/mol. The van der Waals surface area contributed by atoms with Crippen molar-refractivity contribution in [2.24, 2.45) is 0 Å². The Kier molecular flexibility index (Phi) is 5.28. The molecule has 0 aromatic heterocycles. The third kappa shape index (κ3) is 2.61. The van der Waals surface area contributed by atoms with Gasteiger partial charge in [-0.05, 0) is 135 Å². The van der Waals surface area contributed by atoms with Crippen LogP contribution in [0.1, 0.15) is 69.5 Å². The summed E-state index contributed by atoms with van der Waals surface area (Å²) in [7, 11) is 0. The molecule has 0 saturated heterocycles. The molecule has 0 fully saturated rings. The van der Waals surface area contributed by atoms with E-state index in [0.29, 0.717) is 0 Å². The predicted molar refractivity (Wildman–Crippen MR) is 109 cm³/mol. The van der Waals surface area contributed by atoms with E-state index in [1.54, 1.807) is 0 Å². The van der Waals surface area contributed by atoms with Crippen LogP contribution in [0.5, 0.6) is 0 Å². The molecule has 0 aliphatic carbocycles. The van der Waals surface area contributed by atoms with E-state index in [1.807, 2.05) is 0 Å². The van der Waals surface area contributed by atoms with Crippen molar-refractivity contribution in [2.75, 3.05) is 0 Å². The Balaban J connectivity index is 2.99. The SMILES string of the molecule is CCc1c(C)c(C)c(-c2c(C)c(C)c(CC)c(C)c2C)c(C)c1C. The molecule has 0 radical (unpaired) electrons. The second kappa shape index (κ2) is 6.75. The highest BCUT2D eigenvalue weighted by molar-refractivity contribution is 5.81. The molecule has 0 saturated carbocycles. The van der Waals surface area contributed by atoms with Crippen LogP contribution in [0.4, 0.5) is 0 Å². The van der Waals surface area contributed by atoms with E-state index in [9.17, 15) is 0 Å². The Morgan fingerprint density at radius 2 is 0.583 bits per heavy atom. The van der Waals surface area contributed by atoms with Gasteiger partial charge in [-0.15, -0.1) is 0 Å². The van der Waals surface area contributed by atoms with E-state index < -0.39 is 0 Å². The van der Waals surface area contributed by atoms with E-state index in [2.05, 4.69) is 69.2 Å². The third-order valence-electron chi connectivity index (χ3n) is 6.52. The molecule has 0 aliphatic heterocycles. The van der Waals surface area contributed by atoms with Crippen LogP contribution in [-0.2, 0) is 12.8 Å². The summed E-state index contributed by atoms with van der Waals surface area (Å²) in [6.45, 7) is 23.0. The van der Waals surface area contributed by atoms with Crippen LogP contribution in [0.25, 0.3) is 11.1 Å². The first-order chi connectivity index (χ1) is 11.2. The maximum absolute atomic E-state index is 2.31. The molecule has 130 valence electrons. The van der Waals surface area contributed by atoms with Crippen molar-refractivity contribution in [2.45, 2.75) is 82.1 Å². The first-order valence-corrected chi connectivity index (χ1v) is 9.37. The highest BCUT2D eigenvalue weighted by atomic mass is 14.3. The van der Waals surface area contributed by atoms with Gasteiger partial charge in [-0.2, -0.15) is 0 Å². The molecule has 0 amide bonds. The summed E-state index contributed by atoms with van der Waals surface area (Å²) in [4.78, 5) is 0. The lowest BCUT2D eigenvalue weighted by molar-refractivity contribution is 1.04. The fourth-order valence-corrected chi connectivity index (χ4v) is 4.59. The van der Waals surface area contributed by atoms with E-state index in [4.69, 9.17) is 0 Å². The van der Waals surface area contributed by atoms with Crippen LogP contribution in [0.15, 0.2) is 0 Å². The zero-order chi connectivity index (χ0) is 18.3. The highest BCUT2D eigenvalue weighted by Gasteiger charge is 2.21. The molecular weight excluding hydrogens is 288 g/mol. The Bertz CT molecular complexity index is 676. The normalized spacial score (nSPS) is 11.2. The molecule has 0 bridgehead atoms. The largest absolute Gasteiger partial charge is 0.0613 e. The lowest BCUT2D eigenvalue weighted by Crippen LogP contribution is -2.07. The van der Waals surface area contributed by atoms with Gasteiger partial charge >= 0.3 is 0 Å². The zero-order valence-electron chi connectivity index (χ0n) is 17.4. The van der Waals surface area contributed by atoms with Gasteiger partial charge in [-0.25, -0.2) is 0 Å². The molecular formula is C24H34. The van der Waals surface area contributed by atoms with Gasteiger partial charge < -0.3 is 0 Å². The maximum atomic E-state index is 2.31. The maximum Gasteiger partial charge on any atom is -0.0114 e. The molecule has 0 unspecified atom stereocenters. The highest BCUT2D eigenvalue weighted by Crippen LogP contribution is 2.41. The van der Waals surface area contributed by atoms with Gasteiger partial charge in [-0.3, -0.25) is 0 Å². The molecule has 2 aromatic rings. The standard InChI is InChI=1S/C24H34/c1-11-21-13(3)17(7)23(18(8)14(21)4)24-19(9)15(5)22(12-2)16(6)20(24)10/h11-12H2,1-10H3. The molecule has 0 heteroatoms. The molecule has 0 aliphatic rings. The average Bonchev–Trinajstić information content (AvgIpc) is 2.55. The van der Waals surface area contributed by atoms with Crippen LogP contribution in [0.3, 0.4) is 0 Å². The van der Waals surface area contributed by atoms with E-state index in [-0.39, 0.29) is 0 Å². The van der Waals surface area contributed by atoms with Gasteiger partial charge in [0.25, 0.3) is 0 Å². The molecule has 0 heterocycles. The second-order valence-electron chi connectivity index (χ2n) is 7.41. The van der Waals surface area contributed by atoms with Gasteiger partial charge in [0, 0.05) is 0 Å². The van der Waals surface area contributed by atoms with Crippen molar-refractivity contribution in [1.29, 1.82) is 0 Å². The van der Waals surface area contributed by atoms with Crippen molar-refractivity contribution in [3.63, 3.8) is 0 Å². The monoisotopic (exact) mass is 322 g/mol. The molecule has 0 atom stereocenters. The minimum Gasteiger partial charge on any atom is -0.0613 e. The smallest absolute Gasteiger partial charge is 0.0114 e. The number of rotatable bonds is 3. The molecule has 0 nitrogen and oxygen atoms in total. The molecule has 24 heavy (non-hydrogen) atoms. The number of benzene rings is 2. The molecule has 0 N–H and O–H groups in total. The minimum absolute atomic E-state index is 1.12. The van der Waals surface area contributed by atoms with Gasteiger partial charge in [-0.1, -0.05) is 13.8 Å². The summed E-state index contributed by atoms with van der Waals surface area (Å²) in [5.41, 5.74) is 17.8. The number of hydrogen-bond donors (Lipinski definition) is 0. The van der Waals surface area contributed by atoms with Gasteiger partial charge in [0.1, 0.15) is 0 Å². The van der Waals surface area contributed by atoms with Crippen molar-refractivity contribution in [1.82, 2.24) is 0 Å². The van der Waals surface area contributed by atoms with Gasteiger partial charge in [0.2, 0.25) is 0 Å². The van der Waals surface area contributed by atoms with E-state index >= 15 is 0 Å².